The number of likely N-dealkylation sites (tertiary alicyclic amines) is 1. The lowest BCUT2D eigenvalue weighted by Gasteiger charge is -2.34. The average molecular weight is 524 g/mol. The molecule has 0 bridgehead atoms. The van der Waals surface area contributed by atoms with Crippen molar-refractivity contribution in [2.75, 3.05) is 13.1 Å². The second kappa shape index (κ2) is 11.8. The number of nitrogens with one attached hydrogen (secondary N) is 1. The first-order valence-corrected chi connectivity index (χ1v) is 13.3. The van der Waals surface area contributed by atoms with Crippen molar-refractivity contribution >= 4 is 28.8 Å². The Bertz CT molecular complexity index is 1290. The summed E-state index contributed by atoms with van der Waals surface area (Å²) in [6.07, 6.45) is 6.14. The van der Waals surface area contributed by atoms with Crippen molar-refractivity contribution in [2.24, 2.45) is 11.7 Å². The van der Waals surface area contributed by atoms with Gasteiger partial charge in [-0.3, -0.25) is 4.79 Å². The highest BCUT2D eigenvalue weighted by Crippen LogP contribution is 2.32. The maximum atomic E-state index is 14.1. The molecule has 2 atom stereocenters. The van der Waals surface area contributed by atoms with Gasteiger partial charge < -0.3 is 25.1 Å². The number of urea groups is 1. The molecule has 2 aromatic heterocycles. The molecule has 4 rings (SSSR count). The lowest BCUT2D eigenvalue weighted by atomic mass is 10.00. The van der Waals surface area contributed by atoms with E-state index in [-0.39, 0.29) is 29.7 Å². The fourth-order valence-corrected chi connectivity index (χ4v) is 5.14. The van der Waals surface area contributed by atoms with E-state index in [2.05, 4.69) is 9.97 Å². The quantitative estimate of drug-likeness (QED) is 0.390. The van der Waals surface area contributed by atoms with Crippen molar-refractivity contribution < 1.29 is 23.9 Å². The zero-order valence-electron chi connectivity index (χ0n) is 22.3. The van der Waals surface area contributed by atoms with E-state index in [4.69, 9.17) is 10.2 Å². The van der Waals surface area contributed by atoms with Gasteiger partial charge in [-0.25, -0.2) is 19.5 Å². The molecular weight excluding hydrogens is 486 g/mol. The number of rotatable bonds is 8. The highest BCUT2D eigenvalue weighted by atomic mass is 16.4. The van der Waals surface area contributed by atoms with Crippen LogP contribution in [-0.4, -0.2) is 61.9 Å². The molecule has 0 aliphatic carbocycles. The molecule has 4 N–H and O–H groups in total. The number of fused-ring (bicyclic) bond motifs is 1. The Morgan fingerprint density at radius 1 is 1.16 bits per heavy atom. The topological polar surface area (TPSA) is 146 Å². The fourth-order valence-electron chi connectivity index (χ4n) is 5.14. The fraction of sp³-hybridized carbons (Fsp3) is 0.500. The van der Waals surface area contributed by atoms with Gasteiger partial charge in [-0.2, -0.15) is 0 Å². The lowest BCUT2D eigenvalue weighted by molar-refractivity contribution is -0.133. The van der Waals surface area contributed by atoms with E-state index < -0.39 is 30.0 Å². The Hall–Kier alpha value is -3.66. The SMILES string of the molecule is Cc1oc([C@@H](Cc2c[nH]c3ccccc23)N(C(=O)[C@@H](N)CC(C)C)C(=O)N2CCCCCC2)nc1C(=O)O. The number of carbonyl (C=O) groups is 3. The van der Waals surface area contributed by atoms with Gasteiger partial charge in [-0.05, 0) is 43.7 Å². The number of carboxylic acids is 1. The molecule has 1 fully saturated rings. The third-order valence-electron chi connectivity index (χ3n) is 7.06. The number of para-hydroxylation sites is 1. The predicted octanol–water partition coefficient (Wildman–Crippen LogP) is 4.64. The molecule has 1 aliphatic rings. The van der Waals surface area contributed by atoms with Crippen molar-refractivity contribution in [1.29, 1.82) is 0 Å². The average Bonchev–Trinajstić information content (AvgIpc) is 3.35. The third-order valence-corrected chi connectivity index (χ3v) is 7.06. The number of aromatic carboxylic acids is 1. The van der Waals surface area contributed by atoms with E-state index in [1.807, 2.05) is 44.3 Å². The summed E-state index contributed by atoms with van der Waals surface area (Å²) in [6, 6.07) is 5.38. The summed E-state index contributed by atoms with van der Waals surface area (Å²) in [5, 5.41) is 10.6. The zero-order valence-corrected chi connectivity index (χ0v) is 22.3. The van der Waals surface area contributed by atoms with Crippen molar-refractivity contribution in [3.63, 3.8) is 0 Å². The Morgan fingerprint density at radius 3 is 2.47 bits per heavy atom. The number of hydrogen-bond acceptors (Lipinski definition) is 6. The molecule has 1 saturated heterocycles. The Balaban J connectivity index is 1.83. The van der Waals surface area contributed by atoms with E-state index in [1.165, 1.54) is 11.8 Å². The number of carboxylic acid groups (broad SMARTS) is 1. The number of amides is 3. The molecule has 0 radical (unpaired) electrons. The summed E-state index contributed by atoms with van der Waals surface area (Å²) < 4.78 is 5.85. The van der Waals surface area contributed by atoms with Gasteiger partial charge in [0.05, 0.1) is 6.04 Å². The van der Waals surface area contributed by atoms with Crippen LogP contribution in [0.1, 0.15) is 79.7 Å². The lowest BCUT2D eigenvalue weighted by Crippen LogP contribution is -2.54. The molecule has 38 heavy (non-hydrogen) atoms. The first-order valence-electron chi connectivity index (χ1n) is 13.3. The van der Waals surface area contributed by atoms with E-state index in [0.717, 1.165) is 42.1 Å². The van der Waals surface area contributed by atoms with Crippen molar-refractivity contribution in [1.82, 2.24) is 19.8 Å². The number of carbonyl (C=O) groups excluding carboxylic acids is 2. The third kappa shape index (κ3) is 5.91. The number of aryl methyl sites for hydroxylation is 1. The van der Waals surface area contributed by atoms with E-state index >= 15 is 0 Å². The van der Waals surface area contributed by atoms with Crippen LogP contribution in [0.3, 0.4) is 0 Å². The Morgan fingerprint density at radius 2 is 1.84 bits per heavy atom. The summed E-state index contributed by atoms with van der Waals surface area (Å²) in [6.45, 7) is 6.51. The number of nitrogens with two attached hydrogens (primary N) is 1. The number of aromatic amines is 1. The van der Waals surface area contributed by atoms with Crippen LogP contribution >= 0.6 is 0 Å². The van der Waals surface area contributed by atoms with Gasteiger partial charge in [0.25, 0.3) is 0 Å². The van der Waals surface area contributed by atoms with Gasteiger partial charge in [0.15, 0.2) is 5.69 Å². The molecule has 0 spiro atoms. The Kier molecular flexibility index (Phi) is 8.51. The number of hydrogen-bond donors (Lipinski definition) is 3. The van der Waals surface area contributed by atoms with Crippen LogP contribution in [-0.2, 0) is 11.2 Å². The van der Waals surface area contributed by atoms with Crippen LogP contribution in [0.25, 0.3) is 10.9 Å². The first kappa shape index (κ1) is 27.4. The molecule has 1 aromatic carbocycles. The minimum absolute atomic E-state index is 0.00144. The number of benzene rings is 1. The van der Waals surface area contributed by atoms with Crippen molar-refractivity contribution in [3.05, 3.63) is 53.4 Å². The molecule has 3 heterocycles. The summed E-state index contributed by atoms with van der Waals surface area (Å²) in [7, 11) is 0. The molecule has 204 valence electrons. The standard InChI is InChI=1S/C28H37N5O5/c1-17(2)14-21(29)26(34)33(28(37)32-12-8-4-5-9-13-32)23(25-31-24(27(35)36)18(3)38-25)15-19-16-30-22-11-7-6-10-20(19)22/h6-7,10-11,16-17,21,23,30H,4-5,8-9,12-15,29H2,1-3H3,(H,35,36)/t21-,23+/m0/s1. The molecule has 0 saturated carbocycles. The van der Waals surface area contributed by atoms with Crippen LogP contribution in [0.5, 0.6) is 0 Å². The number of oxazole rings is 1. The summed E-state index contributed by atoms with van der Waals surface area (Å²) in [5.74, 6) is -1.52. The Labute approximate surface area is 222 Å². The second-order valence-electron chi connectivity index (χ2n) is 10.5. The van der Waals surface area contributed by atoms with Gasteiger partial charge in [0, 0.05) is 36.6 Å². The normalized spacial score (nSPS) is 15.9. The zero-order chi connectivity index (χ0) is 27.4. The van der Waals surface area contributed by atoms with Crippen LogP contribution in [0.4, 0.5) is 4.79 Å². The van der Waals surface area contributed by atoms with Crippen LogP contribution in [0.15, 0.2) is 34.9 Å². The maximum absolute atomic E-state index is 14.1. The first-order chi connectivity index (χ1) is 18.2. The molecule has 0 unspecified atom stereocenters. The summed E-state index contributed by atoms with van der Waals surface area (Å²) in [5.41, 5.74) is 7.87. The van der Waals surface area contributed by atoms with E-state index in [0.29, 0.717) is 19.5 Å². The van der Waals surface area contributed by atoms with Crippen LogP contribution in [0.2, 0.25) is 0 Å². The van der Waals surface area contributed by atoms with Gasteiger partial charge in [-0.15, -0.1) is 0 Å². The van der Waals surface area contributed by atoms with E-state index in [1.54, 1.807) is 4.90 Å². The van der Waals surface area contributed by atoms with Gasteiger partial charge in [0.1, 0.15) is 11.8 Å². The van der Waals surface area contributed by atoms with Crippen molar-refractivity contribution in [3.8, 4) is 0 Å². The number of H-pyrrole nitrogens is 1. The van der Waals surface area contributed by atoms with Crippen molar-refractivity contribution in [2.45, 2.75) is 71.4 Å². The number of aromatic nitrogens is 2. The molecule has 10 nitrogen and oxygen atoms in total. The smallest absolute Gasteiger partial charge is 0.358 e. The highest BCUT2D eigenvalue weighted by Gasteiger charge is 2.40. The number of nitrogens with zero attached hydrogens (tertiary/aromatic N) is 3. The van der Waals surface area contributed by atoms with Gasteiger partial charge >= 0.3 is 12.0 Å². The predicted molar refractivity (Wildman–Crippen MR) is 143 cm³/mol. The van der Waals surface area contributed by atoms with Gasteiger partial charge in [-0.1, -0.05) is 44.9 Å². The summed E-state index contributed by atoms with van der Waals surface area (Å²) in [4.78, 5) is 50.2. The number of imide groups is 1. The van der Waals surface area contributed by atoms with Gasteiger partial charge in [0.2, 0.25) is 11.8 Å². The maximum Gasteiger partial charge on any atom is 0.358 e. The van der Waals surface area contributed by atoms with Crippen LogP contribution in [0, 0.1) is 12.8 Å². The molecule has 3 amide bonds. The molecule has 3 aromatic rings. The van der Waals surface area contributed by atoms with Crippen LogP contribution < -0.4 is 5.73 Å². The summed E-state index contributed by atoms with van der Waals surface area (Å²) >= 11 is 0. The second-order valence-corrected chi connectivity index (χ2v) is 10.5. The molecular formula is C28H37N5O5. The minimum atomic E-state index is -1.24. The van der Waals surface area contributed by atoms with E-state index in [9.17, 15) is 19.5 Å². The molecule has 1 aliphatic heterocycles. The monoisotopic (exact) mass is 523 g/mol. The largest absolute Gasteiger partial charge is 0.476 e. The molecule has 10 heteroatoms. The highest BCUT2D eigenvalue weighted by molar-refractivity contribution is 5.97. The minimum Gasteiger partial charge on any atom is -0.476 e.